The Morgan fingerprint density at radius 1 is 1.13 bits per heavy atom. The molecule has 1 unspecified atom stereocenters. The summed E-state index contributed by atoms with van der Waals surface area (Å²) in [6.07, 6.45) is 4.11. The number of hydrogen-bond donors (Lipinski definition) is 1. The maximum absolute atomic E-state index is 5.89. The van der Waals surface area contributed by atoms with Crippen LogP contribution < -0.4 is 5.73 Å². The Morgan fingerprint density at radius 3 is 2.20 bits per heavy atom. The molecule has 15 heavy (non-hydrogen) atoms. The van der Waals surface area contributed by atoms with Gasteiger partial charge in [0, 0.05) is 19.1 Å². The Labute approximate surface area is 94.6 Å². The lowest BCUT2D eigenvalue weighted by Gasteiger charge is -2.36. The van der Waals surface area contributed by atoms with Gasteiger partial charge >= 0.3 is 0 Å². The Bertz CT molecular complexity index is 151. The topological polar surface area (TPSA) is 32.5 Å². The van der Waals surface area contributed by atoms with E-state index in [1.54, 1.807) is 0 Å². The molecule has 0 aliphatic carbocycles. The average Bonchev–Trinajstić information content (AvgIpc) is 2.32. The molecule has 1 saturated heterocycles. The van der Waals surface area contributed by atoms with Crippen molar-refractivity contribution >= 4 is 0 Å². The minimum Gasteiger partial charge on any atom is -0.329 e. The predicted octanol–water partition coefficient (Wildman–Crippen LogP) is 1.14. The summed E-state index contributed by atoms with van der Waals surface area (Å²) < 4.78 is 0. The highest BCUT2D eigenvalue weighted by Crippen LogP contribution is 2.12. The van der Waals surface area contributed by atoms with Gasteiger partial charge in [0.15, 0.2) is 0 Å². The zero-order valence-corrected chi connectivity index (χ0v) is 10.4. The first-order valence-corrected chi connectivity index (χ1v) is 6.48. The van der Waals surface area contributed by atoms with Crippen LogP contribution in [0.2, 0.25) is 0 Å². The molecule has 1 rings (SSSR count). The third-order valence-corrected chi connectivity index (χ3v) is 3.54. The second kappa shape index (κ2) is 7.20. The van der Waals surface area contributed by atoms with Gasteiger partial charge in [0.25, 0.3) is 0 Å². The predicted molar refractivity (Wildman–Crippen MR) is 66.1 cm³/mol. The standard InChI is InChI=1S/C12H27N3/c1-3-14(4-2)11-12(10-13)15-8-6-5-7-9-15/h12H,3-11,13H2,1-2H3. The minimum atomic E-state index is 0.574. The Hall–Kier alpha value is -0.120. The van der Waals surface area contributed by atoms with Gasteiger partial charge in [-0.05, 0) is 39.0 Å². The lowest BCUT2D eigenvalue weighted by molar-refractivity contribution is 0.126. The number of hydrogen-bond acceptors (Lipinski definition) is 3. The maximum Gasteiger partial charge on any atom is 0.0345 e. The van der Waals surface area contributed by atoms with Crippen LogP contribution in [0.4, 0.5) is 0 Å². The molecule has 0 spiro atoms. The Balaban J connectivity index is 2.38. The summed E-state index contributed by atoms with van der Waals surface area (Å²) in [6, 6.07) is 0.574. The number of piperidine rings is 1. The number of likely N-dealkylation sites (tertiary alicyclic amines) is 1. The van der Waals surface area contributed by atoms with Gasteiger partial charge < -0.3 is 10.6 Å². The van der Waals surface area contributed by atoms with E-state index in [2.05, 4.69) is 23.6 Å². The monoisotopic (exact) mass is 213 g/mol. The molecule has 1 aliphatic heterocycles. The van der Waals surface area contributed by atoms with Gasteiger partial charge in [-0.2, -0.15) is 0 Å². The van der Waals surface area contributed by atoms with Crippen molar-refractivity contribution in [3.8, 4) is 0 Å². The molecular formula is C12H27N3. The van der Waals surface area contributed by atoms with Gasteiger partial charge in [0.05, 0.1) is 0 Å². The molecule has 0 amide bonds. The fraction of sp³-hybridized carbons (Fsp3) is 1.00. The number of nitrogens with zero attached hydrogens (tertiary/aromatic N) is 2. The first kappa shape index (κ1) is 12.9. The number of likely N-dealkylation sites (N-methyl/N-ethyl adjacent to an activating group) is 1. The number of rotatable bonds is 6. The molecule has 0 aromatic heterocycles. The average molecular weight is 213 g/mol. The Kier molecular flexibility index (Phi) is 6.22. The smallest absolute Gasteiger partial charge is 0.0345 e. The van der Waals surface area contributed by atoms with Crippen molar-refractivity contribution in [1.82, 2.24) is 9.80 Å². The third-order valence-electron chi connectivity index (χ3n) is 3.54. The van der Waals surface area contributed by atoms with Crippen LogP contribution in [0.25, 0.3) is 0 Å². The van der Waals surface area contributed by atoms with Crippen molar-refractivity contribution in [2.24, 2.45) is 5.73 Å². The second-order valence-corrected chi connectivity index (χ2v) is 4.47. The molecule has 0 bridgehead atoms. The zero-order chi connectivity index (χ0) is 11.1. The first-order valence-electron chi connectivity index (χ1n) is 6.48. The molecule has 0 aromatic rings. The summed E-state index contributed by atoms with van der Waals surface area (Å²) >= 11 is 0. The van der Waals surface area contributed by atoms with Crippen LogP contribution in [0.15, 0.2) is 0 Å². The van der Waals surface area contributed by atoms with Crippen LogP contribution in [0.1, 0.15) is 33.1 Å². The Morgan fingerprint density at radius 2 is 1.73 bits per heavy atom. The van der Waals surface area contributed by atoms with E-state index < -0.39 is 0 Å². The van der Waals surface area contributed by atoms with Crippen molar-refractivity contribution in [1.29, 1.82) is 0 Å². The highest BCUT2D eigenvalue weighted by Gasteiger charge is 2.20. The summed E-state index contributed by atoms with van der Waals surface area (Å²) in [7, 11) is 0. The van der Waals surface area contributed by atoms with Crippen molar-refractivity contribution in [2.75, 3.05) is 39.3 Å². The SMILES string of the molecule is CCN(CC)CC(CN)N1CCCCC1. The van der Waals surface area contributed by atoms with Crippen molar-refractivity contribution in [3.63, 3.8) is 0 Å². The van der Waals surface area contributed by atoms with Crippen LogP contribution in [-0.4, -0.2) is 55.1 Å². The fourth-order valence-corrected chi connectivity index (χ4v) is 2.40. The normalized spacial score (nSPS) is 20.8. The molecular weight excluding hydrogens is 186 g/mol. The van der Waals surface area contributed by atoms with E-state index in [9.17, 15) is 0 Å². The van der Waals surface area contributed by atoms with Gasteiger partial charge in [-0.15, -0.1) is 0 Å². The van der Waals surface area contributed by atoms with Crippen molar-refractivity contribution in [2.45, 2.75) is 39.2 Å². The number of nitrogens with two attached hydrogens (primary N) is 1. The molecule has 1 heterocycles. The minimum absolute atomic E-state index is 0.574. The van der Waals surface area contributed by atoms with Crippen LogP contribution in [-0.2, 0) is 0 Å². The summed E-state index contributed by atoms with van der Waals surface area (Å²) in [4.78, 5) is 5.06. The van der Waals surface area contributed by atoms with Gasteiger partial charge in [0.1, 0.15) is 0 Å². The van der Waals surface area contributed by atoms with E-state index in [1.807, 2.05) is 0 Å². The second-order valence-electron chi connectivity index (χ2n) is 4.47. The molecule has 0 saturated carbocycles. The quantitative estimate of drug-likeness (QED) is 0.718. The fourth-order valence-electron chi connectivity index (χ4n) is 2.40. The largest absolute Gasteiger partial charge is 0.329 e. The molecule has 3 nitrogen and oxygen atoms in total. The molecule has 90 valence electrons. The van der Waals surface area contributed by atoms with Crippen molar-refractivity contribution in [3.05, 3.63) is 0 Å². The van der Waals surface area contributed by atoms with E-state index in [0.717, 1.165) is 26.2 Å². The summed E-state index contributed by atoms with van der Waals surface area (Å²) in [5.74, 6) is 0. The van der Waals surface area contributed by atoms with Gasteiger partial charge in [-0.1, -0.05) is 20.3 Å². The van der Waals surface area contributed by atoms with E-state index in [4.69, 9.17) is 5.73 Å². The maximum atomic E-state index is 5.89. The summed E-state index contributed by atoms with van der Waals surface area (Å²) in [6.45, 7) is 11.2. The van der Waals surface area contributed by atoms with Gasteiger partial charge in [-0.25, -0.2) is 0 Å². The zero-order valence-electron chi connectivity index (χ0n) is 10.4. The molecule has 1 atom stereocenters. The van der Waals surface area contributed by atoms with Crippen LogP contribution in [0.5, 0.6) is 0 Å². The highest BCUT2D eigenvalue weighted by atomic mass is 15.2. The summed E-state index contributed by atoms with van der Waals surface area (Å²) in [5.41, 5.74) is 5.89. The molecule has 1 fully saturated rings. The van der Waals surface area contributed by atoms with E-state index in [0.29, 0.717) is 6.04 Å². The molecule has 1 aliphatic rings. The molecule has 2 N–H and O–H groups in total. The van der Waals surface area contributed by atoms with E-state index in [-0.39, 0.29) is 0 Å². The van der Waals surface area contributed by atoms with Crippen LogP contribution in [0.3, 0.4) is 0 Å². The first-order chi connectivity index (χ1) is 7.31. The third kappa shape index (κ3) is 4.09. The van der Waals surface area contributed by atoms with E-state index in [1.165, 1.54) is 32.4 Å². The molecule has 0 aromatic carbocycles. The van der Waals surface area contributed by atoms with Crippen LogP contribution >= 0.6 is 0 Å². The summed E-state index contributed by atoms with van der Waals surface area (Å²) in [5, 5.41) is 0. The molecule has 0 radical (unpaired) electrons. The van der Waals surface area contributed by atoms with Gasteiger partial charge in [0.2, 0.25) is 0 Å². The lowest BCUT2D eigenvalue weighted by Crippen LogP contribution is -2.49. The van der Waals surface area contributed by atoms with Gasteiger partial charge in [-0.3, -0.25) is 4.90 Å². The van der Waals surface area contributed by atoms with E-state index >= 15 is 0 Å². The molecule has 3 heteroatoms. The van der Waals surface area contributed by atoms with Crippen molar-refractivity contribution < 1.29 is 0 Å². The lowest BCUT2D eigenvalue weighted by atomic mass is 10.1. The highest BCUT2D eigenvalue weighted by molar-refractivity contribution is 4.78. The van der Waals surface area contributed by atoms with Crippen LogP contribution in [0, 0.1) is 0 Å².